The van der Waals surface area contributed by atoms with Gasteiger partial charge in [-0.05, 0) is 78.7 Å². The third-order valence-electron chi connectivity index (χ3n) is 7.97. The second-order valence-electron chi connectivity index (χ2n) is 11.1. The van der Waals surface area contributed by atoms with E-state index in [4.69, 9.17) is 5.10 Å². The second-order valence-corrected chi connectivity index (χ2v) is 11.1. The van der Waals surface area contributed by atoms with Crippen LogP contribution in [0.3, 0.4) is 0 Å². The van der Waals surface area contributed by atoms with E-state index < -0.39 is 5.97 Å². The topological polar surface area (TPSA) is 80.0 Å². The molecule has 6 heteroatoms. The molecular formula is C38H36N4O2. The number of hydrogen-bond donors (Lipinski definition) is 2. The van der Waals surface area contributed by atoms with E-state index in [-0.39, 0.29) is 0 Å². The van der Waals surface area contributed by atoms with Crippen LogP contribution in [-0.4, -0.2) is 38.9 Å². The van der Waals surface area contributed by atoms with Gasteiger partial charge in [0.2, 0.25) is 0 Å². The Morgan fingerprint density at radius 3 is 2.16 bits per heavy atom. The zero-order valence-corrected chi connectivity index (χ0v) is 24.7. The largest absolute Gasteiger partial charge is 0.477 e. The van der Waals surface area contributed by atoms with Crippen molar-refractivity contribution in [2.24, 2.45) is 0 Å². The lowest BCUT2D eigenvalue weighted by Gasteiger charge is -2.15. The van der Waals surface area contributed by atoms with E-state index in [2.05, 4.69) is 58.9 Å². The second kappa shape index (κ2) is 13.9. The van der Waals surface area contributed by atoms with Gasteiger partial charge in [0.25, 0.3) is 0 Å². The number of aromatic nitrogens is 3. The summed E-state index contributed by atoms with van der Waals surface area (Å²) in [7, 11) is 0. The van der Waals surface area contributed by atoms with Crippen molar-refractivity contribution in [1.82, 2.24) is 20.1 Å². The van der Waals surface area contributed by atoms with E-state index in [1.165, 1.54) is 16.7 Å². The third-order valence-corrected chi connectivity index (χ3v) is 7.97. The fourth-order valence-electron chi connectivity index (χ4n) is 5.63. The lowest BCUT2D eigenvalue weighted by atomic mass is 9.89. The number of benzene rings is 3. The molecule has 1 aliphatic rings. The van der Waals surface area contributed by atoms with Gasteiger partial charge >= 0.3 is 5.97 Å². The van der Waals surface area contributed by atoms with E-state index in [0.29, 0.717) is 18.7 Å². The first-order valence-electron chi connectivity index (χ1n) is 15.2. The number of hydrogen-bond acceptors (Lipinski definition) is 4. The van der Waals surface area contributed by atoms with Gasteiger partial charge in [-0.1, -0.05) is 103 Å². The Morgan fingerprint density at radius 2 is 1.48 bits per heavy atom. The van der Waals surface area contributed by atoms with Crippen LogP contribution in [0, 0.1) is 0 Å². The minimum absolute atomic E-state index is 0.310. The van der Waals surface area contributed by atoms with E-state index >= 15 is 0 Å². The Labute approximate surface area is 258 Å². The molecule has 6 nitrogen and oxygen atoms in total. The number of pyridine rings is 1. The summed E-state index contributed by atoms with van der Waals surface area (Å²) in [5.41, 5.74) is 9.58. The van der Waals surface area contributed by atoms with Gasteiger partial charge in [-0.25, -0.2) is 4.79 Å². The molecule has 6 rings (SSSR count). The zero-order valence-electron chi connectivity index (χ0n) is 24.7. The minimum atomic E-state index is -0.921. The fraction of sp³-hybridized carbons (Fsp3) is 0.184. The first kappa shape index (κ1) is 29.0. The SMILES string of the molecule is O=C(O)c1c2c(nn1CCCNCCc1ccc(C=Cc3ccccc3)cc1)-c1cc(C=Cc3ccccc3)ncc1CC2. The molecule has 0 aliphatic heterocycles. The van der Waals surface area contributed by atoms with Crippen molar-refractivity contribution in [3.05, 3.63) is 142 Å². The summed E-state index contributed by atoms with van der Waals surface area (Å²) in [6.45, 7) is 2.20. The Kier molecular flexibility index (Phi) is 9.19. The molecule has 0 bridgehead atoms. The molecule has 2 aromatic heterocycles. The normalized spacial score (nSPS) is 12.5. The van der Waals surface area contributed by atoms with Crippen LogP contribution >= 0.6 is 0 Å². The molecule has 1 aliphatic carbocycles. The van der Waals surface area contributed by atoms with Gasteiger partial charge in [0.15, 0.2) is 0 Å². The summed E-state index contributed by atoms with van der Waals surface area (Å²) in [5, 5.41) is 18.4. The number of nitrogens with zero attached hydrogens (tertiary/aromatic N) is 3. The lowest BCUT2D eigenvalue weighted by molar-refractivity contribution is 0.0681. The number of carbonyl (C=O) groups is 1. The van der Waals surface area contributed by atoms with Gasteiger partial charge in [0, 0.05) is 23.9 Å². The standard InChI is InChI=1S/C38H36N4O2/c43-38(44)37-34-21-19-32-27-40-33(20-18-29-10-5-2-6-11-29)26-35(32)36(34)41-42(37)25-7-23-39-24-22-31-16-14-30(15-17-31)13-12-28-8-3-1-4-9-28/h1-6,8-18,20,26-27,39H,7,19,21-25H2,(H,43,44). The highest BCUT2D eigenvalue weighted by Crippen LogP contribution is 2.35. The fourth-order valence-corrected chi connectivity index (χ4v) is 5.63. The van der Waals surface area contributed by atoms with Crippen molar-refractivity contribution in [2.75, 3.05) is 13.1 Å². The summed E-state index contributed by atoms with van der Waals surface area (Å²) in [5.74, 6) is -0.921. The van der Waals surface area contributed by atoms with Crippen molar-refractivity contribution in [3.63, 3.8) is 0 Å². The molecule has 44 heavy (non-hydrogen) atoms. The molecule has 2 heterocycles. The first-order chi connectivity index (χ1) is 21.6. The number of aryl methyl sites for hydroxylation is 2. The highest BCUT2D eigenvalue weighted by atomic mass is 16.4. The molecule has 2 N–H and O–H groups in total. The van der Waals surface area contributed by atoms with Crippen LogP contribution in [0.5, 0.6) is 0 Å². The summed E-state index contributed by atoms with van der Waals surface area (Å²) < 4.78 is 1.69. The van der Waals surface area contributed by atoms with Crippen molar-refractivity contribution >= 4 is 30.3 Å². The highest BCUT2D eigenvalue weighted by Gasteiger charge is 2.28. The van der Waals surface area contributed by atoms with E-state index in [1.807, 2.05) is 72.9 Å². The molecule has 0 unspecified atom stereocenters. The summed E-state index contributed by atoms with van der Waals surface area (Å²) in [6.07, 6.45) is 13.3. The molecule has 0 saturated carbocycles. The van der Waals surface area contributed by atoms with Crippen molar-refractivity contribution in [1.29, 1.82) is 0 Å². The van der Waals surface area contributed by atoms with Gasteiger partial charge in [-0.15, -0.1) is 0 Å². The Balaban J connectivity index is 1.04. The van der Waals surface area contributed by atoms with Crippen LogP contribution in [0.4, 0.5) is 0 Å². The average molecular weight is 581 g/mol. The first-order valence-corrected chi connectivity index (χ1v) is 15.2. The molecule has 3 aromatic carbocycles. The maximum atomic E-state index is 12.3. The van der Waals surface area contributed by atoms with Gasteiger partial charge in [0.05, 0.1) is 11.4 Å². The number of fused-ring (bicyclic) bond motifs is 3. The Morgan fingerprint density at radius 1 is 0.818 bits per heavy atom. The monoisotopic (exact) mass is 580 g/mol. The van der Waals surface area contributed by atoms with E-state index in [1.54, 1.807) is 4.68 Å². The Hall–Kier alpha value is -5.07. The Bertz CT molecular complexity index is 1770. The van der Waals surface area contributed by atoms with Gasteiger partial charge < -0.3 is 10.4 Å². The highest BCUT2D eigenvalue weighted by molar-refractivity contribution is 5.91. The molecule has 0 amide bonds. The van der Waals surface area contributed by atoms with E-state index in [0.717, 1.165) is 66.0 Å². The minimum Gasteiger partial charge on any atom is -0.477 e. The van der Waals surface area contributed by atoms with Crippen LogP contribution in [0.1, 0.15) is 56.0 Å². The molecule has 220 valence electrons. The summed E-state index contributed by atoms with van der Waals surface area (Å²) >= 11 is 0. The lowest BCUT2D eigenvalue weighted by Crippen LogP contribution is -2.21. The third kappa shape index (κ3) is 7.10. The van der Waals surface area contributed by atoms with Crippen LogP contribution in [0.25, 0.3) is 35.6 Å². The van der Waals surface area contributed by atoms with Gasteiger partial charge in [-0.3, -0.25) is 9.67 Å². The summed E-state index contributed by atoms with van der Waals surface area (Å²) in [6, 6.07) is 31.1. The number of nitrogens with one attached hydrogen (secondary N) is 1. The number of rotatable bonds is 12. The predicted octanol–water partition coefficient (Wildman–Crippen LogP) is 7.31. The number of carboxylic acid groups (broad SMARTS) is 1. The summed E-state index contributed by atoms with van der Waals surface area (Å²) in [4.78, 5) is 16.9. The van der Waals surface area contributed by atoms with Gasteiger partial charge in [-0.2, -0.15) is 5.10 Å². The van der Waals surface area contributed by atoms with Crippen LogP contribution in [0.15, 0.2) is 97.2 Å². The molecule has 0 fully saturated rings. The molecule has 0 radical (unpaired) electrons. The average Bonchev–Trinajstić information content (AvgIpc) is 3.45. The molecule has 0 atom stereocenters. The maximum absolute atomic E-state index is 12.3. The smallest absolute Gasteiger partial charge is 0.354 e. The van der Waals surface area contributed by atoms with Crippen LogP contribution in [-0.2, 0) is 25.8 Å². The van der Waals surface area contributed by atoms with Crippen LogP contribution < -0.4 is 5.32 Å². The van der Waals surface area contributed by atoms with Crippen molar-refractivity contribution < 1.29 is 9.90 Å². The maximum Gasteiger partial charge on any atom is 0.354 e. The number of carboxylic acids is 1. The van der Waals surface area contributed by atoms with Gasteiger partial charge in [0.1, 0.15) is 5.69 Å². The van der Waals surface area contributed by atoms with Crippen LogP contribution in [0.2, 0.25) is 0 Å². The molecule has 0 saturated heterocycles. The van der Waals surface area contributed by atoms with Crippen molar-refractivity contribution in [2.45, 2.75) is 32.2 Å². The molecular weight excluding hydrogens is 544 g/mol. The number of aromatic carboxylic acids is 1. The predicted molar refractivity (Wildman–Crippen MR) is 178 cm³/mol. The molecule has 0 spiro atoms. The molecule has 5 aromatic rings. The zero-order chi connectivity index (χ0) is 30.1. The quantitative estimate of drug-likeness (QED) is 0.120. The van der Waals surface area contributed by atoms with Crippen molar-refractivity contribution in [3.8, 4) is 11.3 Å². The van der Waals surface area contributed by atoms with E-state index in [9.17, 15) is 9.90 Å².